The fourth-order valence-electron chi connectivity index (χ4n) is 3.21. The summed E-state index contributed by atoms with van der Waals surface area (Å²) in [5.41, 5.74) is 1.90. The average Bonchev–Trinajstić information content (AvgIpc) is 2.67. The molecule has 0 aliphatic carbocycles. The highest BCUT2D eigenvalue weighted by Crippen LogP contribution is 2.34. The first-order valence-electron chi connectivity index (χ1n) is 8.45. The second kappa shape index (κ2) is 6.40. The summed E-state index contributed by atoms with van der Waals surface area (Å²) in [6, 6.07) is 26.4. The number of aliphatic imine (C=N–C) groups is 1. The van der Waals surface area contributed by atoms with Crippen LogP contribution in [0.4, 0.5) is 0 Å². The lowest BCUT2D eigenvalue weighted by Crippen LogP contribution is -1.92. The maximum Gasteiger partial charge on any atom is 0.132 e. The minimum atomic E-state index is 0.0452. The predicted octanol–water partition coefficient (Wildman–Crippen LogP) is 5.88. The number of phenolic OH excluding ortho intramolecular Hbond substituents is 1. The lowest BCUT2D eigenvalue weighted by atomic mass is 9.99. The molecule has 25 heavy (non-hydrogen) atoms. The van der Waals surface area contributed by atoms with Crippen LogP contribution in [0.15, 0.2) is 83.9 Å². The highest BCUT2D eigenvalue weighted by Gasteiger charge is 2.09. The van der Waals surface area contributed by atoms with Gasteiger partial charge in [-0.25, -0.2) is 0 Å². The normalized spacial score (nSPS) is 12.8. The zero-order valence-corrected chi connectivity index (χ0v) is 14.1. The Morgan fingerprint density at radius 1 is 0.800 bits per heavy atom. The molecule has 0 radical (unpaired) electrons. The summed E-state index contributed by atoms with van der Waals surface area (Å²) in [6.07, 6.45) is 1.77. The fourth-order valence-corrected chi connectivity index (χ4v) is 3.21. The molecular formula is C23H19NO. The van der Waals surface area contributed by atoms with Crippen molar-refractivity contribution < 1.29 is 5.11 Å². The largest absolute Gasteiger partial charge is 0.507 e. The molecule has 4 aromatic carbocycles. The zero-order valence-electron chi connectivity index (χ0n) is 14.1. The van der Waals surface area contributed by atoms with Gasteiger partial charge in [0, 0.05) is 17.2 Å². The number of nitrogens with zero attached hydrogens (tertiary/aromatic N) is 1. The van der Waals surface area contributed by atoms with Crippen LogP contribution in [-0.2, 0) is 0 Å². The molecule has 1 N–H and O–H groups in total. The van der Waals surface area contributed by atoms with Gasteiger partial charge in [-0.05, 0) is 34.7 Å². The van der Waals surface area contributed by atoms with Crippen molar-refractivity contribution in [3.05, 3.63) is 90.0 Å². The first kappa shape index (κ1) is 15.4. The van der Waals surface area contributed by atoms with Crippen molar-refractivity contribution in [3.63, 3.8) is 0 Å². The van der Waals surface area contributed by atoms with Gasteiger partial charge < -0.3 is 5.11 Å². The molecule has 0 saturated carbocycles. The second-order valence-corrected chi connectivity index (χ2v) is 6.25. The first-order valence-corrected chi connectivity index (χ1v) is 8.45. The molecule has 0 unspecified atom stereocenters. The topological polar surface area (TPSA) is 32.6 Å². The van der Waals surface area contributed by atoms with Crippen LogP contribution in [0.1, 0.15) is 24.1 Å². The molecule has 0 bridgehead atoms. The molecule has 4 rings (SSSR count). The van der Waals surface area contributed by atoms with E-state index in [1.54, 1.807) is 6.21 Å². The molecule has 0 heterocycles. The Hall–Kier alpha value is -3.13. The number of fused-ring (bicyclic) bond motifs is 3. The summed E-state index contributed by atoms with van der Waals surface area (Å²) in [7, 11) is 0. The van der Waals surface area contributed by atoms with Crippen molar-refractivity contribution in [3.8, 4) is 5.75 Å². The smallest absolute Gasteiger partial charge is 0.132 e. The maximum absolute atomic E-state index is 10.8. The zero-order chi connectivity index (χ0) is 17.2. The van der Waals surface area contributed by atoms with Gasteiger partial charge in [0.05, 0.1) is 6.04 Å². The molecule has 0 aliphatic heterocycles. The van der Waals surface area contributed by atoms with Gasteiger partial charge in [-0.3, -0.25) is 4.99 Å². The summed E-state index contributed by atoms with van der Waals surface area (Å²) in [5, 5.41) is 14.9. The number of rotatable bonds is 3. The van der Waals surface area contributed by atoms with Crippen LogP contribution in [0.2, 0.25) is 0 Å². The Morgan fingerprint density at radius 2 is 1.48 bits per heavy atom. The van der Waals surface area contributed by atoms with Crippen LogP contribution in [0.5, 0.6) is 5.75 Å². The fraction of sp³-hybridized carbons (Fsp3) is 0.0870. The first-order chi connectivity index (χ1) is 12.2. The lowest BCUT2D eigenvalue weighted by molar-refractivity contribution is 0.481. The molecule has 122 valence electrons. The van der Waals surface area contributed by atoms with E-state index in [4.69, 9.17) is 0 Å². The summed E-state index contributed by atoms with van der Waals surface area (Å²) >= 11 is 0. The standard InChI is InChI=1S/C23H19NO/c1-16(17-7-3-2-4-8-17)24-15-20-14-13-19-12-11-18-9-5-6-10-21(18)22(19)23(20)25/h2-16,25H,1H3/t16-/m0/s1. The lowest BCUT2D eigenvalue weighted by Gasteiger charge is -2.09. The number of hydrogen-bond donors (Lipinski definition) is 1. The van der Waals surface area contributed by atoms with E-state index in [-0.39, 0.29) is 6.04 Å². The molecule has 0 saturated heterocycles. The van der Waals surface area contributed by atoms with Crippen LogP contribution in [0.25, 0.3) is 21.5 Å². The highest BCUT2D eigenvalue weighted by atomic mass is 16.3. The third-order valence-corrected chi connectivity index (χ3v) is 4.63. The molecule has 0 aromatic heterocycles. The van der Waals surface area contributed by atoms with Crippen molar-refractivity contribution >= 4 is 27.8 Å². The van der Waals surface area contributed by atoms with Gasteiger partial charge in [0.25, 0.3) is 0 Å². The van der Waals surface area contributed by atoms with Gasteiger partial charge in [0.1, 0.15) is 5.75 Å². The van der Waals surface area contributed by atoms with E-state index in [2.05, 4.69) is 36.2 Å². The van der Waals surface area contributed by atoms with Gasteiger partial charge in [0.2, 0.25) is 0 Å². The monoisotopic (exact) mass is 325 g/mol. The Balaban J connectivity index is 1.79. The maximum atomic E-state index is 10.8. The van der Waals surface area contributed by atoms with Gasteiger partial charge >= 0.3 is 0 Å². The number of hydrogen-bond acceptors (Lipinski definition) is 2. The van der Waals surface area contributed by atoms with E-state index in [0.29, 0.717) is 5.75 Å². The molecule has 0 aliphatic rings. The SMILES string of the molecule is C[C@H](N=Cc1ccc2ccc3ccccc3c2c1O)c1ccccc1. The number of aromatic hydroxyl groups is 1. The van der Waals surface area contributed by atoms with Gasteiger partial charge in [-0.15, -0.1) is 0 Å². The second-order valence-electron chi connectivity index (χ2n) is 6.25. The Morgan fingerprint density at radius 3 is 2.32 bits per heavy atom. The predicted molar refractivity (Wildman–Crippen MR) is 106 cm³/mol. The van der Waals surface area contributed by atoms with Crippen molar-refractivity contribution in [2.45, 2.75) is 13.0 Å². The van der Waals surface area contributed by atoms with E-state index in [9.17, 15) is 5.11 Å². The van der Waals surface area contributed by atoms with Crippen LogP contribution in [-0.4, -0.2) is 11.3 Å². The minimum Gasteiger partial charge on any atom is -0.507 e. The van der Waals surface area contributed by atoms with Gasteiger partial charge in [-0.2, -0.15) is 0 Å². The highest BCUT2D eigenvalue weighted by molar-refractivity contribution is 6.12. The Kier molecular flexibility index (Phi) is 3.95. The minimum absolute atomic E-state index is 0.0452. The van der Waals surface area contributed by atoms with E-state index in [1.165, 1.54) is 0 Å². The van der Waals surface area contributed by atoms with Crippen molar-refractivity contribution in [1.29, 1.82) is 0 Å². The van der Waals surface area contributed by atoms with Crippen molar-refractivity contribution in [2.24, 2.45) is 4.99 Å². The van der Waals surface area contributed by atoms with Crippen LogP contribution < -0.4 is 0 Å². The molecule has 0 spiro atoms. The molecule has 0 fully saturated rings. The number of benzene rings is 4. The quantitative estimate of drug-likeness (QED) is 0.370. The van der Waals surface area contributed by atoms with E-state index < -0.39 is 0 Å². The Bertz CT molecular complexity index is 1070. The summed E-state index contributed by atoms with van der Waals surface area (Å²) in [5.74, 6) is 0.290. The summed E-state index contributed by atoms with van der Waals surface area (Å²) < 4.78 is 0. The molecule has 2 nitrogen and oxygen atoms in total. The summed E-state index contributed by atoms with van der Waals surface area (Å²) in [6.45, 7) is 2.05. The molecule has 2 heteroatoms. The third-order valence-electron chi connectivity index (χ3n) is 4.63. The van der Waals surface area contributed by atoms with E-state index in [0.717, 1.165) is 32.7 Å². The van der Waals surface area contributed by atoms with E-state index in [1.807, 2.05) is 54.6 Å². The van der Waals surface area contributed by atoms with E-state index >= 15 is 0 Å². The van der Waals surface area contributed by atoms with Crippen LogP contribution >= 0.6 is 0 Å². The van der Waals surface area contributed by atoms with Crippen molar-refractivity contribution in [1.82, 2.24) is 0 Å². The molecule has 0 amide bonds. The van der Waals surface area contributed by atoms with Crippen molar-refractivity contribution in [2.75, 3.05) is 0 Å². The summed E-state index contributed by atoms with van der Waals surface area (Å²) in [4.78, 5) is 4.63. The van der Waals surface area contributed by atoms with Gasteiger partial charge in [-0.1, -0.05) is 72.8 Å². The van der Waals surface area contributed by atoms with Gasteiger partial charge in [0.15, 0.2) is 0 Å². The molecular weight excluding hydrogens is 306 g/mol. The average molecular weight is 325 g/mol. The Labute approximate surface area is 147 Å². The number of phenols is 1. The third kappa shape index (κ3) is 2.87. The molecule has 4 aromatic rings. The van der Waals surface area contributed by atoms with Crippen LogP contribution in [0.3, 0.4) is 0 Å². The van der Waals surface area contributed by atoms with Crippen LogP contribution in [0, 0.1) is 0 Å². The molecule has 1 atom stereocenters.